The van der Waals surface area contributed by atoms with E-state index >= 15 is 0 Å². The molecule has 1 aliphatic heterocycles. The molecule has 7 heteroatoms. The van der Waals surface area contributed by atoms with Crippen LogP contribution in [0, 0.1) is 40.7 Å². The molecule has 7 nitrogen and oxygen atoms in total. The number of nitrogens with one attached hydrogen (secondary N) is 1. The number of allylic oxidation sites excluding steroid dienone is 2. The molecular formula is C22H19N3O4. The van der Waals surface area contributed by atoms with Crippen molar-refractivity contribution in [3.05, 3.63) is 70.3 Å². The minimum Gasteiger partial charge on any atom is -0.350 e. The fourth-order valence-electron chi connectivity index (χ4n) is 4.95. The third-order valence-electron chi connectivity index (χ3n) is 6.20. The zero-order chi connectivity index (χ0) is 20.3. The van der Waals surface area contributed by atoms with E-state index in [9.17, 15) is 19.7 Å². The number of benzene rings is 2. The summed E-state index contributed by atoms with van der Waals surface area (Å²) in [5.41, 5.74) is 2.15. The number of fused-ring (bicyclic) bond motifs is 5. The number of carbonyl (C=O) groups is 2. The van der Waals surface area contributed by atoms with Crippen molar-refractivity contribution in [2.75, 3.05) is 10.2 Å². The highest BCUT2D eigenvalue weighted by Gasteiger charge is 2.59. The molecule has 0 spiro atoms. The lowest BCUT2D eigenvalue weighted by molar-refractivity contribution is -0.383. The maximum Gasteiger partial charge on any atom is 0.294 e. The molecule has 3 aliphatic rings. The molecule has 1 saturated heterocycles. The van der Waals surface area contributed by atoms with E-state index in [1.165, 1.54) is 6.07 Å². The molecule has 5 rings (SSSR count). The minimum atomic E-state index is -0.501. The lowest BCUT2D eigenvalue weighted by Crippen LogP contribution is -2.32. The van der Waals surface area contributed by atoms with E-state index in [1.807, 2.05) is 43.3 Å². The van der Waals surface area contributed by atoms with Crippen LogP contribution in [0.5, 0.6) is 0 Å². The standard InChI is InChI=1S/C22H19N3O4/c1-12-3-2-4-15(9-12)23-17-8-7-16(11-18(17)25(28)29)24-21(26)19-13-5-6-14(10-13)20(19)22(24)27/h2-9,11,13-14,19-20,23H,10H2,1H3/t13-,14-,19+,20+/m0/s1. The van der Waals surface area contributed by atoms with Crippen LogP contribution in [0.15, 0.2) is 54.6 Å². The first kappa shape index (κ1) is 17.6. The number of hydrogen-bond donors (Lipinski definition) is 1. The first-order valence-corrected chi connectivity index (χ1v) is 9.62. The Morgan fingerprint density at radius 2 is 1.72 bits per heavy atom. The van der Waals surface area contributed by atoms with Gasteiger partial charge in [-0.2, -0.15) is 0 Å². The quantitative estimate of drug-likeness (QED) is 0.370. The maximum absolute atomic E-state index is 13.0. The average Bonchev–Trinajstić information content (AvgIpc) is 3.36. The third kappa shape index (κ3) is 2.65. The van der Waals surface area contributed by atoms with E-state index < -0.39 is 4.92 Å². The lowest BCUT2D eigenvalue weighted by atomic mass is 9.85. The largest absolute Gasteiger partial charge is 0.350 e. The van der Waals surface area contributed by atoms with Crippen molar-refractivity contribution in [3.8, 4) is 0 Å². The van der Waals surface area contributed by atoms with Gasteiger partial charge in [0.05, 0.1) is 22.4 Å². The molecule has 4 atom stereocenters. The minimum absolute atomic E-state index is 0.101. The summed E-state index contributed by atoms with van der Waals surface area (Å²) in [4.78, 5) is 38.3. The van der Waals surface area contributed by atoms with Gasteiger partial charge in [0.15, 0.2) is 0 Å². The number of hydrogen-bond acceptors (Lipinski definition) is 5. The zero-order valence-corrected chi connectivity index (χ0v) is 15.7. The maximum atomic E-state index is 13.0. The second-order valence-electron chi connectivity index (χ2n) is 7.96. The second kappa shape index (κ2) is 6.27. The summed E-state index contributed by atoms with van der Waals surface area (Å²) >= 11 is 0. The molecule has 146 valence electrons. The molecule has 1 saturated carbocycles. The van der Waals surface area contributed by atoms with Crippen LogP contribution in [0.4, 0.5) is 22.7 Å². The van der Waals surface area contributed by atoms with Crippen LogP contribution in [0.25, 0.3) is 0 Å². The van der Waals surface area contributed by atoms with E-state index in [2.05, 4.69) is 5.32 Å². The molecule has 29 heavy (non-hydrogen) atoms. The average molecular weight is 389 g/mol. The Morgan fingerprint density at radius 1 is 1.03 bits per heavy atom. The van der Waals surface area contributed by atoms with Crippen LogP contribution in [-0.4, -0.2) is 16.7 Å². The first-order valence-electron chi connectivity index (χ1n) is 9.62. The molecule has 2 amide bonds. The molecule has 0 radical (unpaired) electrons. The fraction of sp³-hybridized carbons (Fsp3) is 0.273. The van der Waals surface area contributed by atoms with Crippen molar-refractivity contribution in [3.63, 3.8) is 0 Å². The zero-order valence-electron chi connectivity index (χ0n) is 15.7. The van der Waals surface area contributed by atoms with Gasteiger partial charge in [-0.25, -0.2) is 4.90 Å². The predicted molar refractivity (Wildman–Crippen MR) is 108 cm³/mol. The second-order valence-corrected chi connectivity index (χ2v) is 7.96. The molecule has 2 aliphatic carbocycles. The number of carbonyl (C=O) groups excluding carboxylic acids is 2. The summed E-state index contributed by atoms with van der Waals surface area (Å²) in [7, 11) is 0. The highest BCUT2D eigenvalue weighted by Crippen LogP contribution is 2.53. The Balaban J connectivity index is 1.49. The third-order valence-corrected chi connectivity index (χ3v) is 6.20. The van der Waals surface area contributed by atoms with E-state index in [1.54, 1.807) is 12.1 Å². The number of imide groups is 1. The van der Waals surface area contributed by atoms with Crippen LogP contribution in [0.3, 0.4) is 0 Å². The fourth-order valence-corrected chi connectivity index (χ4v) is 4.95. The molecule has 2 fully saturated rings. The van der Waals surface area contributed by atoms with Gasteiger partial charge in [0, 0.05) is 11.8 Å². The van der Waals surface area contributed by atoms with E-state index in [0.717, 1.165) is 22.6 Å². The summed E-state index contributed by atoms with van der Waals surface area (Å²) in [5, 5.41) is 14.7. The summed E-state index contributed by atoms with van der Waals surface area (Å²) in [6.45, 7) is 1.94. The summed E-state index contributed by atoms with van der Waals surface area (Å²) in [6.07, 6.45) is 4.90. The van der Waals surface area contributed by atoms with Gasteiger partial charge in [0.2, 0.25) is 11.8 Å². The molecule has 2 bridgehead atoms. The Morgan fingerprint density at radius 3 is 2.34 bits per heavy atom. The van der Waals surface area contributed by atoms with Crippen LogP contribution in [-0.2, 0) is 9.59 Å². The number of nitro groups is 1. The summed E-state index contributed by atoms with van der Waals surface area (Å²) in [6, 6.07) is 12.0. The van der Waals surface area contributed by atoms with Gasteiger partial charge in [0.25, 0.3) is 5.69 Å². The number of anilines is 3. The van der Waals surface area contributed by atoms with Crippen LogP contribution < -0.4 is 10.2 Å². The Kier molecular flexibility index (Phi) is 3.81. The van der Waals surface area contributed by atoms with Gasteiger partial charge < -0.3 is 5.32 Å². The van der Waals surface area contributed by atoms with Crippen LogP contribution in [0.1, 0.15) is 12.0 Å². The molecule has 0 unspecified atom stereocenters. The van der Waals surface area contributed by atoms with Gasteiger partial charge in [0.1, 0.15) is 5.69 Å². The SMILES string of the molecule is Cc1cccc(Nc2ccc(N3C(=O)[C@H]4[C@H](C3=O)[C@H]3C=C[C@H]4C3)cc2[N+](=O)[O-])c1. The molecule has 1 heterocycles. The number of rotatable bonds is 4. The number of nitro benzene ring substituents is 1. The van der Waals surface area contributed by atoms with Crippen molar-refractivity contribution in [2.45, 2.75) is 13.3 Å². The number of amides is 2. The Labute approximate surface area is 167 Å². The normalized spacial score (nSPS) is 26.9. The van der Waals surface area contributed by atoms with Crippen LogP contribution >= 0.6 is 0 Å². The van der Waals surface area contributed by atoms with Crippen molar-refractivity contribution >= 4 is 34.6 Å². The van der Waals surface area contributed by atoms with Crippen molar-refractivity contribution in [1.82, 2.24) is 0 Å². The number of nitrogens with zero attached hydrogens (tertiary/aromatic N) is 2. The van der Waals surface area contributed by atoms with Crippen molar-refractivity contribution in [2.24, 2.45) is 23.7 Å². The van der Waals surface area contributed by atoms with Gasteiger partial charge in [-0.1, -0.05) is 24.3 Å². The van der Waals surface area contributed by atoms with Gasteiger partial charge in [-0.15, -0.1) is 0 Å². The van der Waals surface area contributed by atoms with E-state index in [0.29, 0.717) is 5.69 Å². The van der Waals surface area contributed by atoms with E-state index in [4.69, 9.17) is 0 Å². The molecule has 1 N–H and O–H groups in total. The van der Waals surface area contributed by atoms with Crippen molar-refractivity contribution < 1.29 is 14.5 Å². The van der Waals surface area contributed by atoms with Gasteiger partial charge in [-0.05, 0) is 55.0 Å². The van der Waals surface area contributed by atoms with Crippen LogP contribution in [0.2, 0.25) is 0 Å². The number of aryl methyl sites for hydroxylation is 1. The van der Waals surface area contributed by atoms with E-state index in [-0.39, 0.29) is 46.9 Å². The highest BCUT2D eigenvalue weighted by atomic mass is 16.6. The molecule has 2 aromatic carbocycles. The summed E-state index contributed by atoms with van der Waals surface area (Å²) in [5.74, 6) is -0.952. The predicted octanol–water partition coefficient (Wildman–Crippen LogP) is 3.96. The molecule has 0 aromatic heterocycles. The Bertz CT molecular complexity index is 1060. The molecular weight excluding hydrogens is 370 g/mol. The first-order chi connectivity index (χ1) is 13.9. The summed E-state index contributed by atoms with van der Waals surface area (Å²) < 4.78 is 0. The monoisotopic (exact) mass is 389 g/mol. The Hall–Kier alpha value is -3.48. The smallest absolute Gasteiger partial charge is 0.294 e. The van der Waals surface area contributed by atoms with Gasteiger partial charge in [-0.3, -0.25) is 19.7 Å². The van der Waals surface area contributed by atoms with Gasteiger partial charge >= 0.3 is 0 Å². The topological polar surface area (TPSA) is 92.6 Å². The molecule has 2 aromatic rings. The highest BCUT2D eigenvalue weighted by molar-refractivity contribution is 6.23. The van der Waals surface area contributed by atoms with Crippen molar-refractivity contribution in [1.29, 1.82) is 0 Å². The lowest BCUT2D eigenvalue weighted by Gasteiger charge is -2.18.